The molecule has 0 amide bonds. The van der Waals surface area contributed by atoms with Crippen LogP contribution < -0.4 is 10.5 Å². The molecule has 3 nitrogen and oxygen atoms in total. The van der Waals surface area contributed by atoms with Crippen LogP contribution in [0.5, 0.6) is 5.75 Å². The lowest BCUT2D eigenvalue weighted by Crippen LogP contribution is -2.05. The first kappa shape index (κ1) is 13.5. The molecule has 0 atom stereocenters. The lowest BCUT2D eigenvalue weighted by atomic mass is 10.2. The number of nitrogens with two attached hydrogens (primary N) is 1. The Morgan fingerprint density at radius 3 is 2.63 bits per heavy atom. The molecule has 0 aliphatic heterocycles. The van der Waals surface area contributed by atoms with Gasteiger partial charge < -0.3 is 14.9 Å². The largest absolute Gasteiger partial charge is 0.486 e. The van der Waals surface area contributed by atoms with E-state index in [9.17, 15) is 13.2 Å². The normalized spacial score (nSPS) is 11.6. The molecule has 2 aromatic rings. The molecule has 2 N–H and O–H groups in total. The Kier molecular flexibility index (Phi) is 3.80. The van der Waals surface area contributed by atoms with E-state index in [0.717, 1.165) is 17.7 Å². The lowest BCUT2D eigenvalue weighted by molar-refractivity contribution is -0.137. The third-order valence-corrected chi connectivity index (χ3v) is 2.49. The van der Waals surface area contributed by atoms with E-state index in [-0.39, 0.29) is 12.4 Å². The molecule has 19 heavy (non-hydrogen) atoms. The summed E-state index contributed by atoms with van der Waals surface area (Å²) in [7, 11) is 0. The number of furan rings is 1. The molecule has 102 valence electrons. The summed E-state index contributed by atoms with van der Waals surface area (Å²) in [6.07, 6.45) is -2.89. The van der Waals surface area contributed by atoms with Crippen molar-refractivity contribution in [2.75, 3.05) is 0 Å². The highest BCUT2D eigenvalue weighted by molar-refractivity contribution is 5.30. The third kappa shape index (κ3) is 3.51. The number of hydrogen-bond donors (Lipinski definition) is 1. The fraction of sp³-hybridized carbons (Fsp3) is 0.231. The van der Waals surface area contributed by atoms with Crippen molar-refractivity contribution in [3.05, 3.63) is 53.5 Å². The van der Waals surface area contributed by atoms with Gasteiger partial charge >= 0.3 is 6.18 Å². The smallest absolute Gasteiger partial charge is 0.416 e. The number of halogens is 3. The van der Waals surface area contributed by atoms with Crippen molar-refractivity contribution in [2.45, 2.75) is 19.3 Å². The fourth-order valence-electron chi connectivity index (χ4n) is 1.53. The lowest BCUT2D eigenvalue weighted by Gasteiger charge is -2.09. The summed E-state index contributed by atoms with van der Waals surface area (Å²) in [5, 5.41) is 0. The summed E-state index contributed by atoms with van der Waals surface area (Å²) in [6.45, 7) is 0.397. The minimum atomic E-state index is -4.38. The first-order chi connectivity index (χ1) is 8.99. The quantitative estimate of drug-likeness (QED) is 0.927. The Hall–Kier alpha value is -1.95. The molecular formula is C13H12F3NO2. The number of ether oxygens (including phenoxy) is 1. The van der Waals surface area contributed by atoms with Crippen LogP contribution in [0.3, 0.4) is 0 Å². The van der Waals surface area contributed by atoms with Gasteiger partial charge in [0.2, 0.25) is 0 Å². The van der Waals surface area contributed by atoms with Crippen LogP contribution in [0.1, 0.15) is 16.9 Å². The predicted molar refractivity (Wildman–Crippen MR) is 62.4 cm³/mol. The average Bonchev–Trinajstić information content (AvgIpc) is 2.84. The molecule has 2 rings (SSSR count). The summed E-state index contributed by atoms with van der Waals surface area (Å²) in [4.78, 5) is 0. The van der Waals surface area contributed by atoms with Gasteiger partial charge in [0.05, 0.1) is 11.8 Å². The molecule has 0 bridgehead atoms. The second-order valence-corrected chi connectivity index (χ2v) is 3.94. The van der Waals surface area contributed by atoms with Gasteiger partial charge in [-0.1, -0.05) is 6.07 Å². The van der Waals surface area contributed by atoms with Gasteiger partial charge in [-0.15, -0.1) is 0 Å². The minimum absolute atomic E-state index is 0.0569. The molecule has 0 aliphatic rings. The molecule has 6 heteroatoms. The standard InChI is InChI=1S/C13H12F3NO2/c14-13(15,16)10-2-1-3-11(5-10)19-8-12-4-9(6-17)7-18-12/h1-5,7H,6,8,17H2. The highest BCUT2D eigenvalue weighted by Gasteiger charge is 2.30. The van der Waals surface area contributed by atoms with Crippen molar-refractivity contribution in [3.8, 4) is 5.75 Å². The summed E-state index contributed by atoms with van der Waals surface area (Å²) < 4.78 is 47.9. The maximum atomic E-state index is 12.5. The van der Waals surface area contributed by atoms with Crippen LogP contribution in [0.15, 0.2) is 41.0 Å². The molecule has 1 heterocycles. The topological polar surface area (TPSA) is 48.4 Å². The molecule has 0 fully saturated rings. The number of hydrogen-bond acceptors (Lipinski definition) is 3. The van der Waals surface area contributed by atoms with Gasteiger partial charge in [-0.25, -0.2) is 0 Å². The average molecular weight is 271 g/mol. The third-order valence-electron chi connectivity index (χ3n) is 2.49. The van der Waals surface area contributed by atoms with E-state index in [4.69, 9.17) is 14.9 Å². The first-order valence-corrected chi connectivity index (χ1v) is 5.55. The Balaban J connectivity index is 2.03. The van der Waals surface area contributed by atoms with Crippen molar-refractivity contribution in [3.63, 3.8) is 0 Å². The van der Waals surface area contributed by atoms with E-state index in [1.54, 1.807) is 6.07 Å². The highest BCUT2D eigenvalue weighted by Crippen LogP contribution is 2.31. The molecule has 0 unspecified atom stereocenters. The van der Waals surface area contributed by atoms with E-state index in [2.05, 4.69) is 0 Å². The van der Waals surface area contributed by atoms with Crippen LogP contribution in [-0.2, 0) is 19.3 Å². The summed E-state index contributed by atoms with van der Waals surface area (Å²) in [5.74, 6) is 0.651. The van der Waals surface area contributed by atoms with Gasteiger partial charge in [0.1, 0.15) is 18.1 Å². The zero-order valence-corrected chi connectivity index (χ0v) is 9.91. The van der Waals surface area contributed by atoms with Crippen LogP contribution >= 0.6 is 0 Å². The Morgan fingerprint density at radius 2 is 2.00 bits per heavy atom. The maximum Gasteiger partial charge on any atom is 0.416 e. The second kappa shape index (κ2) is 5.36. The Labute approximate surface area is 107 Å². The van der Waals surface area contributed by atoms with E-state index < -0.39 is 11.7 Å². The van der Waals surface area contributed by atoms with Crippen LogP contribution in [0.4, 0.5) is 13.2 Å². The van der Waals surface area contributed by atoms with Crippen molar-refractivity contribution >= 4 is 0 Å². The van der Waals surface area contributed by atoms with E-state index in [1.807, 2.05) is 0 Å². The fourth-order valence-corrected chi connectivity index (χ4v) is 1.53. The molecule has 1 aromatic carbocycles. The van der Waals surface area contributed by atoms with Gasteiger partial charge in [0.15, 0.2) is 0 Å². The summed E-state index contributed by atoms with van der Waals surface area (Å²) in [6, 6.07) is 6.40. The van der Waals surface area contributed by atoms with Crippen molar-refractivity contribution < 1.29 is 22.3 Å². The van der Waals surface area contributed by atoms with Crippen LogP contribution in [-0.4, -0.2) is 0 Å². The summed E-state index contributed by atoms with van der Waals surface area (Å²) >= 11 is 0. The number of alkyl halides is 3. The Morgan fingerprint density at radius 1 is 1.21 bits per heavy atom. The van der Waals surface area contributed by atoms with Gasteiger partial charge in [-0.2, -0.15) is 13.2 Å². The predicted octanol–water partition coefficient (Wildman–Crippen LogP) is 3.34. The van der Waals surface area contributed by atoms with Crippen LogP contribution in [0.2, 0.25) is 0 Å². The number of rotatable bonds is 4. The maximum absolute atomic E-state index is 12.5. The van der Waals surface area contributed by atoms with Gasteiger partial charge in [0.25, 0.3) is 0 Å². The first-order valence-electron chi connectivity index (χ1n) is 5.55. The van der Waals surface area contributed by atoms with Crippen LogP contribution in [0.25, 0.3) is 0 Å². The SMILES string of the molecule is NCc1coc(COc2cccc(C(F)(F)F)c2)c1. The number of benzene rings is 1. The van der Waals surface area contributed by atoms with Gasteiger partial charge in [0, 0.05) is 12.1 Å². The molecule has 0 radical (unpaired) electrons. The van der Waals surface area contributed by atoms with E-state index >= 15 is 0 Å². The van der Waals surface area contributed by atoms with Gasteiger partial charge in [-0.05, 0) is 24.3 Å². The molecule has 0 spiro atoms. The van der Waals surface area contributed by atoms with Crippen molar-refractivity contribution in [2.24, 2.45) is 5.73 Å². The monoisotopic (exact) mass is 271 g/mol. The second-order valence-electron chi connectivity index (χ2n) is 3.94. The van der Waals surface area contributed by atoms with Crippen molar-refractivity contribution in [1.82, 2.24) is 0 Å². The van der Waals surface area contributed by atoms with E-state index in [0.29, 0.717) is 12.3 Å². The zero-order chi connectivity index (χ0) is 13.9. The van der Waals surface area contributed by atoms with Crippen LogP contribution in [0, 0.1) is 0 Å². The Bertz CT molecular complexity index is 549. The molecule has 1 aromatic heterocycles. The molecule has 0 aliphatic carbocycles. The minimum Gasteiger partial charge on any atom is -0.486 e. The van der Waals surface area contributed by atoms with Crippen molar-refractivity contribution in [1.29, 1.82) is 0 Å². The summed E-state index contributed by atoms with van der Waals surface area (Å²) in [5.41, 5.74) is 5.48. The zero-order valence-electron chi connectivity index (χ0n) is 9.91. The van der Waals surface area contributed by atoms with Gasteiger partial charge in [-0.3, -0.25) is 0 Å². The molecular weight excluding hydrogens is 259 g/mol. The molecule has 0 saturated heterocycles. The molecule has 0 saturated carbocycles. The van der Waals surface area contributed by atoms with E-state index in [1.165, 1.54) is 18.4 Å². The highest BCUT2D eigenvalue weighted by atomic mass is 19.4.